The van der Waals surface area contributed by atoms with E-state index in [2.05, 4.69) is 10.2 Å². The second-order valence-corrected chi connectivity index (χ2v) is 6.66. The molecule has 0 spiro atoms. The molecule has 2 fully saturated rings. The summed E-state index contributed by atoms with van der Waals surface area (Å²) in [6.07, 6.45) is 7.53. The molecule has 0 unspecified atom stereocenters. The summed E-state index contributed by atoms with van der Waals surface area (Å²) < 4.78 is 0. The molecule has 6 heteroatoms. The van der Waals surface area contributed by atoms with E-state index in [0.717, 1.165) is 45.3 Å². The lowest BCUT2D eigenvalue weighted by Gasteiger charge is -2.34. The van der Waals surface area contributed by atoms with Gasteiger partial charge >= 0.3 is 0 Å². The van der Waals surface area contributed by atoms with Gasteiger partial charge in [0.25, 0.3) is 0 Å². The zero-order chi connectivity index (χ0) is 16.5. The van der Waals surface area contributed by atoms with Crippen molar-refractivity contribution in [2.45, 2.75) is 57.4 Å². The Morgan fingerprint density at radius 3 is 2.78 bits per heavy atom. The maximum absolute atomic E-state index is 12.0. The van der Waals surface area contributed by atoms with E-state index in [1.165, 1.54) is 12.8 Å². The molecule has 6 nitrogen and oxygen atoms in total. The molecule has 0 aromatic heterocycles. The van der Waals surface area contributed by atoms with Crippen LogP contribution in [0.25, 0.3) is 0 Å². The Bertz CT molecular complexity index is 389. The number of nitrogens with zero attached hydrogens (tertiary/aromatic N) is 2. The van der Waals surface area contributed by atoms with Crippen molar-refractivity contribution in [1.82, 2.24) is 15.1 Å². The molecule has 0 aliphatic carbocycles. The van der Waals surface area contributed by atoms with E-state index in [1.807, 2.05) is 4.90 Å². The minimum absolute atomic E-state index is 0.0135. The Morgan fingerprint density at radius 1 is 1.13 bits per heavy atom. The molecule has 2 amide bonds. The smallest absolute Gasteiger partial charge is 0.222 e. The molecule has 1 atom stereocenters. The molecule has 0 saturated carbocycles. The van der Waals surface area contributed by atoms with Gasteiger partial charge in [0.1, 0.15) is 0 Å². The van der Waals surface area contributed by atoms with Gasteiger partial charge in [0.2, 0.25) is 11.8 Å². The Labute approximate surface area is 139 Å². The highest BCUT2D eigenvalue weighted by Crippen LogP contribution is 2.15. The van der Waals surface area contributed by atoms with E-state index in [4.69, 9.17) is 0 Å². The summed E-state index contributed by atoms with van der Waals surface area (Å²) in [6.45, 7) is 3.93. The molecule has 0 radical (unpaired) electrons. The largest absolute Gasteiger partial charge is 0.395 e. The average molecular weight is 325 g/mol. The molecule has 2 saturated heterocycles. The van der Waals surface area contributed by atoms with E-state index in [-0.39, 0.29) is 24.5 Å². The lowest BCUT2D eigenvalue weighted by atomic mass is 10.0. The average Bonchev–Trinajstić information content (AvgIpc) is 2.77. The number of piperidine rings is 1. The highest BCUT2D eigenvalue weighted by atomic mass is 16.3. The molecular weight excluding hydrogens is 294 g/mol. The molecule has 0 bridgehead atoms. The molecule has 2 heterocycles. The number of hydrogen-bond acceptors (Lipinski definition) is 4. The number of nitrogens with one attached hydrogen (secondary N) is 1. The first-order valence-electron chi connectivity index (χ1n) is 9.10. The molecule has 2 aliphatic heterocycles. The molecule has 0 aromatic rings. The van der Waals surface area contributed by atoms with Gasteiger partial charge in [-0.3, -0.25) is 14.5 Å². The first-order valence-corrected chi connectivity index (χ1v) is 9.10. The zero-order valence-corrected chi connectivity index (χ0v) is 14.1. The highest BCUT2D eigenvalue weighted by Gasteiger charge is 2.21. The molecule has 2 aliphatic rings. The number of amides is 2. The minimum atomic E-state index is 0.0135. The van der Waals surface area contributed by atoms with Crippen LogP contribution < -0.4 is 5.32 Å². The van der Waals surface area contributed by atoms with Crippen molar-refractivity contribution < 1.29 is 14.7 Å². The molecule has 2 rings (SSSR count). The fourth-order valence-electron chi connectivity index (χ4n) is 3.50. The molecule has 132 valence electrons. The first kappa shape index (κ1) is 18.2. The fraction of sp³-hybridized carbons (Fsp3) is 0.882. The van der Waals surface area contributed by atoms with Gasteiger partial charge in [-0.1, -0.05) is 12.8 Å². The normalized spacial score (nSPS) is 23.6. The van der Waals surface area contributed by atoms with Gasteiger partial charge < -0.3 is 15.3 Å². The minimum Gasteiger partial charge on any atom is -0.395 e. The van der Waals surface area contributed by atoms with Crippen molar-refractivity contribution in [2.24, 2.45) is 0 Å². The maximum atomic E-state index is 12.0. The molecule has 23 heavy (non-hydrogen) atoms. The van der Waals surface area contributed by atoms with Crippen molar-refractivity contribution in [3.63, 3.8) is 0 Å². The third-order valence-electron chi connectivity index (χ3n) is 4.96. The van der Waals surface area contributed by atoms with E-state index in [0.29, 0.717) is 25.9 Å². The summed E-state index contributed by atoms with van der Waals surface area (Å²) >= 11 is 0. The van der Waals surface area contributed by atoms with Crippen molar-refractivity contribution in [3.05, 3.63) is 0 Å². The number of aliphatic hydroxyl groups excluding tert-OH is 1. The van der Waals surface area contributed by atoms with E-state index in [1.54, 1.807) is 0 Å². The van der Waals surface area contributed by atoms with Crippen LogP contribution >= 0.6 is 0 Å². The first-order chi connectivity index (χ1) is 11.2. The van der Waals surface area contributed by atoms with Crippen LogP contribution in [0.3, 0.4) is 0 Å². The predicted molar refractivity (Wildman–Crippen MR) is 89.0 cm³/mol. The monoisotopic (exact) mass is 325 g/mol. The molecular formula is C17H31N3O3. The lowest BCUT2D eigenvalue weighted by molar-refractivity contribution is -0.131. The van der Waals surface area contributed by atoms with Crippen LogP contribution in [-0.4, -0.2) is 72.1 Å². The van der Waals surface area contributed by atoms with E-state index >= 15 is 0 Å². The van der Waals surface area contributed by atoms with Crippen LogP contribution in [0.5, 0.6) is 0 Å². The van der Waals surface area contributed by atoms with Crippen LogP contribution in [-0.2, 0) is 9.59 Å². The lowest BCUT2D eigenvalue weighted by Crippen LogP contribution is -2.45. The summed E-state index contributed by atoms with van der Waals surface area (Å²) in [5, 5.41) is 12.3. The second kappa shape index (κ2) is 9.88. The van der Waals surface area contributed by atoms with Gasteiger partial charge in [-0.25, -0.2) is 0 Å². The Morgan fingerprint density at radius 2 is 1.96 bits per heavy atom. The van der Waals surface area contributed by atoms with E-state index in [9.17, 15) is 14.7 Å². The number of carbonyl (C=O) groups is 2. The summed E-state index contributed by atoms with van der Waals surface area (Å²) in [6, 6.07) is 0.246. The van der Waals surface area contributed by atoms with Gasteiger partial charge in [-0.2, -0.15) is 0 Å². The number of rotatable bonds is 7. The van der Waals surface area contributed by atoms with Crippen LogP contribution in [0.15, 0.2) is 0 Å². The number of likely N-dealkylation sites (tertiary alicyclic amines) is 2. The van der Waals surface area contributed by atoms with Crippen LogP contribution in [0.4, 0.5) is 0 Å². The Balaban J connectivity index is 1.62. The van der Waals surface area contributed by atoms with Crippen molar-refractivity contribution in [1.29, 1.82) is 0 Å². The number of hydrogen-bond donors (Lipinski definition) is 2. The standard InChI is InChI=1S/C17H31N3O3/c21-14-15-6-3-5-10-19(15)13-9-18-16(22)8-12-20-11-4-1-2-7-17(20)23/h15,21H,1-14H2,(H,18,22)/t15-/m1/s1. The third kappa shape index (κ3) is 6.11. The zero-order valence-electron chi connectivity index (χ0n) is 14.1. The Kier molecular flexibility index (Phi) is 7.82. The highest BCUT2D eigenvalue weighted by molar-refractivity contribution is 5.79. The van der Waals surface area contributed by atoms with E-state index < -0.39 is 0 Å². The van der Waals surface area contributed by atoms with Crippen molar-refractivity contribution in [2.75, 3.05) is 39.3 Å². The van der Waals surface area contributed by atoms with Crippen LogP contribution in [0.1, 0.15) is 51.4 Å². The van der Waals surface area contributed by atoms with Gasteiger partial charge in [-0.05, 0) is 32.2 Å². The third-order valence-corrected chi connectivity index (χ3v) is 4.96. The Hall–Kier alpha value is -1.14. The number of carbonyl (C=O) groups excluding carboxylic acids is 2. The SMILES string of the molecule is O=C(CCN1CCCCCC1=O)NCCN1CCCC[C@@H]1CO. The fourth-order valence-corrected chi connectivity index (χ4v) is 3.50. The molecule has 0 aromatic carbocycles. The van der Waals surface area contributed by atoms with Gasteiger partial charge in [-0.15, -0.1) is 0 Å². The van der Waals surface area contributed by atoms with Gasteiger partial charge in [0.05, 0.1) is 6.61 Å². The van der Waals surface area contributed by atoms with Crippen LogP contribution in [0.2, 0.25) is 0 Å². The van der Waals surface area contributed by atoms with Gasteiger partial charge in [0.15, 0.2) is 0 Å². The van der Waals surface area contributed by atoms with Gasteiger partial charge in [0, 0.05) is 45.1 Å². The predicted octanol–water partition coefficient (Wildman–Crippen LogP) is 0.742. The topological polar surface area (TPSA) is 72.9 Å². The van der Waals surface area contributed by atoms with Crippen LogP contribution in [0, 0.1) is 0 Å². The van der Waals surface area contributed by atoms with Crippen molar-refractivity contribution >= 4 is 11.8 Å². The summed E-state index contributed by atoms with van der Waals surface area (Å²) in [5.74, 6) is 0.203. The quantitative estimate of drug-likeness (QED) is 0.724. The van der Waals surface area contributed by atoms with Crippen molar-refractivity contribution in [3.8, 4) is 0 Å². The summed E-state index contributed by atoms with van der Waals surface area (Å²) in [4.78, 5) is 27.9. The molecule has 2 N–H and O–H groups in total. The second-order valence-electron chi connectivity index (χ2n) is 6.66. The summed E-state index contributed by atoms with van der Waals surface area (Å²) in [7, 11) is 0. The summed E-state index contributed by atoms with van der Waals surface area (Å²) in [5.41, 5.74) is 0. The number of aliphatic hydroxyl groups is 1. The maximum Gasteiger partial charge on any atom is 0.222 e.